The van der Waals surface area contributed by atoms with Crippen molar-refractivity contribution in [1.29, 1.82) is 0 Å². The molecular weight excluding hydrogens is 456 g/mol. The SMILES string of the molecule is CCOc1ccc(S(=O)(=O)N(CC(=O)Nc2ccccc2SCC)c2ccc(C)cc2)cc1. The van der Waals surface area contributed by atoms with Gasteiger partial charge < -0.3 is 10.1 Å². The summed E-state index contributed by atoms with van der Waals surface area (Å²) < 4.78 is 33.6. The van der Waals surface area contributed by atoms with Crippen molar-refractivity contribution in [1.82, 2.24) is 0 Å². The lowest BCUT2D eigenvalue weighted by Crippen LogP contribution is -2.38. The normalized spacial score (nSPS) is 11.1. The highest BCUT2D eigenvalue weighted by molar-refractivity contribution is 7.99. The average Bonchev–Trinajstić information content (AvgIpc) is 2.80. The van der Waals surface area contributed by atoms with E-state index in [0.717, 1.165) is 20.5 Å². The third-order valence-corrected chi connectivity index (χ3v) is 7.54. The summed E-state index contributed by atoms with van der Waals surface area (Å²) in [7, 11) is -3.99. The summed E-state index contributed by atoms with van der Waals surface area (Å²) in [5.41, 5.74) is 2.07. The number of ether oxygens (including phenoxy) is 1. The fourth-order valence-electron chi connectivity index (χ4n) is 3.20. The molecule has 0 fully saturated rings. The highest BCUT2D eigenvalue weighted by Gasteiger charge is 2.27. The van der Waals surface area contributed by atoms with Gasteiger partial charge in [-0.05, 0) is 68.1 Å². The van der Waals surface area contributed by atoms with Crippen LogP contribution in [0.3, 0.4) is 0 Å². The van der Waals surface area contributed by atoms with Gasteiger partial charge >= 0.3 is 0 Å². The van der Waals surface area contributed by atoms with Gasteiger partial charge in [-0.15, -0.1) is 11.8 Å². The Labute approximate surface area is 200 Å². The second-order valence-electron chi connectivity index (χ2n) is 7.23. The molecule has 0 atom stereocenters. The Morgan fingerprint density at radius 2 is 1.64 bits per heavy atom. The third-order valence-electron chi connectivity index (χ3n) is 4.79. The maximum atomic E-state index is 13.5. The minimum absolute atomic E-state index is 0.0845. The molecule has 3 aromatic carbocycles. The van der Waals surface area contributed by atoms with E-state index in [1.807, 2.05) is 57.2 Å². The van der Waals surface area contributed by atoms with E-state index in [-0.39, 0.29) is 11.4 Å². The number of hydrogen-bond donors (Lipinski definition) is 1. The lowest BCUT2D eigenvalue weighted by molar-refractivity contribution is -0.114. The van der Waals surface area contributed by atoms with Gasteiger partial charge in [0.15, 0.2) is 0 Å². The molecule has 0 aliphatic rings. The first-order valence-corrected chi connectivity index (χ1v) is 13.1. The molecule has 0 unspecified atom stereocenters. The number of sulfonamides is 1. The van der Waals surface area contributed by atoms with Crippen molar-refractivity contribution >= 4 is 39.1 Å². The molecule has 0 saturated carbocycles. The molecule has 8 heteroatoms. The number of anilines is 2. The van der Waals surface area contributed by atoms with E-state index in [0.29, 0.717) is 23.7 Å². The van der Waals surface area contributed by atoms with E-state index < -0.39 is 15.9 Å². The van der Waals surface area contributed by atoms with E-state index >= 15 is 0 Å². The van der Waals surface area contributed by atoms with Crippen LogP contribution in [-0.2, 0) is 14.8 Å². The number of thioether (sulfide) groups is 1. The molecule has 1 amide bonds. The summed E-state index contributed by atoms with van der Waals surface area (Å²) in [6, 6.07) is 20.7. The Balaban J connectivity index is 1.91. The smallest absolute Gasteiger partial charge is 0.264 e. The van der Waals surface area contributed by atoms with Gasteiger partial charge in [-0.2, -0.15) is 0 Å². The van der Waals surface area contributed by atoms with Gasteiger partial charge in [0, 0.05) is 4.90 Å². The number of benzene rings is 3. The third kappa shape index (κ3) is 6.30. The van der Waals surface area contributed by atoms with E-state index in [4.69, 9.17) is 4.74 Å². The fourth-order valence-corrected chi connectivity index (χ4v) is 5.38. The van der Waals surface area contributed by atoms with Crippen molar-refractivity contribution in [2.45, 2.75) is 30.6 Å². The minimum atomic E-state index is -3.99. The summed E-state index contributed by atoms with van der Waals surface area (Å²) >= 11 is 1.61. The Morgan fingerprint density at radius 3 is 2.27 bits per heavy atom. The molecule has 3 rings (SSSR count). The number of rotatable bonds is 10. The summed E-state index contributed by atoms with van der Waals surface area (Å²) in [5, 5.41) is 2.87. The number of carbonyl (C=O) groups is 1. The minimum Gasteiger partial charge on any atom is -0.494 e. The number of hydrogen-bond acceptors (Lipinski definition) is 5. The lowest BCUT2D eigenvalue weighted by atomic mass is 10.2. The van der Waals surface area contributed by atoms with E-state index in [1.165, 1.54) is 12.1 Å². The topological polar surface area (TPSA) is 75.7 Å². The molecule has 0 heterocycles. The molecule has 0 saturated heterocycles. The Morgan fingerprint density at radius 1 is 0.970 bits per heavy atom. The van der Waals surface area contributed by atoms with Crippen LogP contribution in [0.25, 0.3) is 0 Å². The van der Waals surface area contributed by atoms with E-state index in [2.05, 4.69) is 5.32 Å². The molecule has 0 bridgehead atoms. The fraction of sp³-hybridized carbons (Fsp3) is 0.240. The first-order valence-electron chi connectivity index (χ1n) is 10.7. The van der Waals surface area contributed by atoms with Crippen LogP contribution < -0.4 is 14.4 Å². The second kappa shape index (κ2) is 11.2. The molecule has 0 aliphatic carbocycles. The Hall–Kier alpha value is -2.97. The molecule has 0 radical (unpaired) electrons. The highest BCUT2D eigenvalue weighted by atomic mass is 32.2. The standard InChI is InChI=1S/C25H28N2O4S2/c1-4-31-21-14-16-22(17-15-21)33(29,30)27(20-12-10-19(3)11-13-20)18-25(28)26-23-8-6-7-9-24(23)32-5-2/h6-17H,4-5,18H2,1-3H3,(H,26,28). The van der Waals surface area contributed by atoms with Crippen LogP contribution in [0.2, 0.25) is 0 Å². The Kier molecular flexibility index (Phi) is 8.41. The molecule has 6 nitrogen and oxygen atoms in total. The lowest BCUT2D eigenvalue weighted by Gasteiger charge is -2.24. The molecule has 0 spiro atoms. The number of carbonyl (C=O) groups excluding carboxylic acids is 1. The van der Waals surface area contributed by atoms with Crippen molar-refractivity contribution in [3.63, 3.8) is 0 Å². The van der Waals surface area contributed by atoms with Crippen molar-refractivity contribution in [3.05, 3.63) is 78.4 Å². The average molecular weight is 485 g/mol. The number of nitrogens with one attached hydrogen (secondary N) is 1. The zero-order valence-corrected chi connectivity index (χ0v) is 20.6. The maximum absolute atomic E-state index is 13.5. The first kappa shape index (κ1) is 24.7. The van der Waals surface area contributed by atoms with Crippen molar-refractivity contribution in [3.8, 4) is 5.75 Å². The number of aryl methyl sites for hydroxylation is 1. The molecular formula is C25H28N2O4S2. The number of para-hydroxylation sites is 1. The van der Waals surface area contributed by atoms with Crippen LogP contribution in [0.1, 0.15) is 19.4 Å². The molecule has 0 aromatic heterocycles. The van der Waals surface area contributed by atoms with Gasteiger partial charge in [-0.3, -0.25) is 9.10 Å². The van der Waals surface area contributed by atoms with Gasteiger partial charge in [0.05, 0.1) is 22.9 Å². The quantitative estimate of drug-likeness (QED) is 0.393. The zero-order valence-electron chi connectivity index (χ0n) is 18.9. The van der Waals surface area contributed by atoms with E-state index in [9.17, 15) is 13.2 Å². The van der Waals surface area contributed by atoms with Crippen LogP contribution in [-0.4, -0.2) is 33.2 Å². The largest absolute Gasteiger partial charge is 0.494 e. The van der Waals surface area contributed by atoms with Crippen molar-refractivity contribution < 1.29 is 17.9 Å². The predicted molar refractivity (Wildman–Crippen MR) is 135 cm³/mol. The van der Waals surface area contributed by atoms with Crippen LogP contribution in [0.5, 0.6) is 5.75 Å². The Bertz CT molecular complexity index is 1180. The van der Waals surface area contributed by atoms with Gasteiger partial charge in [-0.25, -0.2) is 8.42 Å². The highest BCUT2D eigenvalue weighted by Crippen LogP contribution is 2.28. The van der Waals surface area contributed by atoms with Crippen molar-refractivity contribution in [2.24, 2.45) is 0 Å². The first-order chi connectivity index (χ1) is 15.8. The molecule has 33 heavy (non-hydrogen) atoms. The van der Waals surface area contributed by atoms with Crippen LogP contribution in [0.15, 0.2) is 82.6 Å². The molecule has 0 aliphatic heterocycles. The van der Waals surface area contributed by atoms with Gasteiger partial charge in [-0.1, -0.05) is 36.8 Å². The van der Waals surface area contributed by atoms with Gasteiger partial charge in [0.25, 0.3) is 10.0 Å². The van der Waals surface area contributed by atoms with Gasteiger partial charge in [0.2, 0.25) is 5.91 Å². The van der Waals surface area contributed by atoms with E-state index in [1.54, 1.807) is 36.0 Å². The van der Waals surface area contributed by atoms with Gasteiger partial charge in [0.1, 0.15) is 12.3 Å². The summed E-state index contributed by atoms with van der Waals surface area (Å²) in [6.07, 6.45) is 0. The zero-order chi connectivity index (χ0) is 23.8. The molecule has 174 valence electrons. The molecule has 3 aromatic rings. The summed E-state index contributed by atoms with van der Waals surface area (Å²) in [5.74, 6) is 1.02. The van der Waals surface area contributed by atoms with Crippen molar-refractivity contribution in [2.75, 3.05) is 28.5 Å². The number of nitrogens with zero attached hydrogens (tertiary/aromatic N) is 1. The maximum Gasteiger partial charge on any atom is 0.264 e. The van der Waals surface area contributed by atoms with Crippen LogP contribution >= 0.6 is 11.8 Å². The molecule has 1 N–H and O–H groups in total. The predicted octanol–water partition coefficient (Wildman–Crippen LogP) is 5.34. The summed E-state index contributed by atoms with van der Waals surface area (Å²) in [6.45, 7) is 5.94. The van der Waals surface area contributed by atoms with Crippen LogP contribution in [0.4, 0.5) is 11.4 Å². The summed E-state index contributed by atoms with van der Waals surface area (Å²) in [4.78, 5) is 14.0. The monoisotopic (exact) mass is 484 g/mol. The second-order valence-corrected chi connectivity index (χ2v) is 10.4. The van der Waals surface area contributed by atoms with Crippen LogP contribution in [0, 0.1) is 6.92 Å². The number of amides is 1.